The molecule has 3 aromatic carbocycles. The minimum absolute atomic E-state index is 0.294. The maximum Gasteiger partial charge on any atom is 0.241 e. The summed E-state index contributed by atoms with van der Waals surface area (Å²) >= 11 is 0. The van der Waals surface area contributed by atoms with Crippen LogP contribution in [0.15, 0.2) is 72.8 Å². The standard InChI is InChI=1S/C22H23B/c1-4-19-12-14-21(15-13-19)23(20-8-6-5-7-9-20)22-16-17(2)10-11-18(22)3/h5-16H,4H2,1-3H3. The second-order valence-corrected chi connectivity index (χ2v) is 6.30. The van der Waals surface area contributed by atoms with Gasteiger partial charge in [-0.05, 0) is 25.8 Å². The van der Waals surface area contributed by atoms with Crippen LogP contribution in [-0.4, -0.2) is 6.71 Å². The second kappa shape index (κ2) is 6.87. The first kappa shape index (κ1) is 15.6. The lowest BCUT2D eigenvalue weighted by atomic mass is 9.36. The zero-order chi connectivity index (χ0) is 16.2. The Bertz CT molecular complexity index is 773. The molecule has 0 amide bonds. The first-order chi connectivity index (χ1) is 11.2. The summed E-state index contributed by atoms with van der Waals surface area (Å²) in [7, 11) is 0. The third-order valence-corrected chi connectivity index (χ3v) is 4.60. The smallest absolute Gasteiger partial charge is 0.0687 e. The molecule has 0 aromatic heterocycles. The predicted octanol–water partition coefficient (Wildman–Crippen LogP) is 3.38. The lowest BCUT2D eigenvalue weighted by molar-refractivity contribution is 1.14. The highest BCUT2D eigenvalue weighted by Crippen LogP contribution is 2.05. The lowest BCUT2D eigenvalue weighted by Crippen LogP contribution is -2.53. The fraction of sp³-hybridized carbons (Fsp3) is 0.182. The molecule has 0 N–H and O–H groups in total. The number of aryl methyl sites for hydroxylation is 3. The van der Waals surface area contributed by atoms with Crippen LogP contribution < -0.4 is 16.4 Å². The monoisotopic (exact) mass is 298 g/mol. The third-order valence-electron chi connectivity index (χ3n) is 4.60. The fourth-order valence-corrected chi connectivity index (χ4v) is 3.21. The molecule has 3 aromatic rings. The minimum Gasteiger partial charge on any atom is -0.0687 e. The summed E-state index contributed by atoms with van der Waals surface area (Å²) < 4.78 is 0. The van der Waals surface area contributed by atoms with Crippen molar-refractivity contribution in [3.05, 3.63) is 89.5 Å². The largest absolute Gasteiger partial charge is 0.241 e. The van der Waals surface area contributed by atoms with Crippen LogP contribution >= 0.6 is 0 Å². The van der Waals surface area contributed by atoms with Crippen molar-refractivity contribution in [2.45, 2.75) is 27.2 Å². The Hall–Kier alpha value is -2.28. The van der Waals surface area contributed by atoms with Gasteiger partial charge in [0.1, 0.15) is 0 Å². The Morgan fingerprint density at radius 1 is 0.739 bits per heavy atom. The zero-order valence-electron chi connectivity index (χ0n) is 14.2. The van der Waals surface area contributed by atoms with Crippen molar-refractivity contribution >= 4 is 23.1 Å². The topological polar surface area (TPSA) is 0 Å². The summed E-state index contributed by atoms with van der Waals surface area (Å²) in [6.07, 6.45) is 1.08. The summed E-state index contributed by atoms with van der Waals surface area (Å²) in [6, 6.07) is 26.7. The van der Waals surface area contributed by atoms with Gasteiger partial charge < -0.3 is 0 Å². The number of benzene rings is 3. The van der Waals surface area contributed by atoms with Crippen molar-refractivity contribution in [2.24, 2.45) is 0 Å². The molecule has 0 aliphatic heterocycles. The summed E-state index contributed by atoms with van der Waals surface area (Å²) in [5.74, 6) is 0. The Morgan fingerprint density at radius 3 is 2.04 bits per heavy atom. The average Bonchev–Trinajstić information content (AvgIpc) is 2.60. The van der Waals surface area contributed by atoms with Crippen molar-refractivity contribution in [2.75, 3.05) is 0 Å². The molecule has 0 bridgehead atoms. The SMILES string of the molecule is CCc1ccc(B(c2ccccc2)c2cc(C)ccc2C)cc1. The van der Waals surface area contributed by atoms with Crippen LogP contribution in [0, 0.1) is 13.8 Å². The number of hydrogen-bond acceptors (Lipinski definition) is 0. The van der Waals surface area contributed by atoms with Crippen molar-refractivity contribution in [1.29, 1.82) is 0 Å². The Balaban J connectivity index is 2.15. The summed E-state index contributed by atoms with van der Waals surface area (Å²) in [4.78, 5) is 0. The normalized spacial score (nSPS) is 10.6. The molecule has 0 heterocycles. The van der Waals surface area contributed by atoms with Gasteiger partial charge in [0.05, 0.1) is 0 Å². The van der Waals surface area contributed by atoms with E-state index >= 15 is 0 Å². The van der Waals surface area contributed by atoms with Gasteiger partial charge in [0.2, 0.25) is 6.71 Å². The quantitative estimate of drug-likeness (QED) is 0.648. The third kappa shape index (κ3) is 3.39. The highest BCUT2D eigenvalue weighted by Gasteiger charge is 2.23. The van der Waals surface area contributed by atoms with Crippen molar-refractivity contribution in [1.82, 2.24) is 0 Å². The molecule has 0 aliphatic rings. The molecular formula is C22H23B. The van der Waals surface area contributed by atoms with Crippen molar-refractivity contribution < 1.29 is 0 Å². The van der Waals surface area contributed by atoms with E-state index in [9.17, 15) is 0 Å². The average molecular weight is 298 g/mol. The molecule has 0 saturated carbocycles. The molecule has 0 radical (unpaired) electrons. The minimum atomic E-state index is 0.294. The Labute approximate surface area is 140 Å². The molecule has 0 spiro atoms. The highest BCUT2D eigenvalue weighted by molar-refractivity contribution is 6.95. The first-order valence-electron chi connectivity index (χ1n) is 8.40. The predicted molar refractivity (Wildman–Crippen MR) is 103 cm³/mol. The van der Waals surface area contributed by atoms with Crippen LogP contribution in [0.25, 0.3) is 0 Å². The number of rotatable bonds is 4. The van der Waals surface area contributed by atoms with Gasteiger partial charge in [0.15, 0.2) is 0 Å². The van der Waals surface area contributed by atoms with Gasteiger partial charge in [-0.15, -0.1) is 0 Å². The van der Waals surface area contributed by atoms with Crippen LogP contribution in [0.3, 0.4) is 0 Å². The summed E-state index contributed by atoms with van der Waals surface area (Å²) in [6.45, 7) is 6.88. The molecule has 0 saturated heterocycles. The van der Waals surface area contributed by atoms with E-state index in [0.29, 0.717) is 6.71 Å². The molecule has 0 unspecified atom stereocenters. The molecular weight excluding hydrogens is 275 g/mol. The highest BCUT2D eigenvalue weighted by atomic mass is 14.0. The van der Waals surface area contributed by atoms with Crippen LogP contribution in [0.2, 0.25) is 0 Å². The van der Waals surface area contributed by atoms with Crippen LogP contribution in [-0.2, 0) is 6.42 Å². The fourth-order valence-electron chi connectivity index (χ4n) is 3.21. The van der Waals surface area contributed by atoms with Crippen molar-refractivity contribution in [3.63, 3.8) is 0 Å². The number of hydrogen-bond donors (Lipinski definition) is 0. The van der Waals surface area contributed by atoms with Gasteiger partial charge >= 0.3 is 0 Å². The van der Waals surface area contributed by atoms with Gasteiger partial charge in [-0.1, -0.05) is 107 Å². The van der Waals surface area contributed by atoms with Crippen LogP contribution in [0.1, 0.15) is 23.6 Å². The van der Waals surface area contributed by atoms with Crippen LogP contribution in [0.5, 0.6) is 0 Å². The second-order valence-electron chi connectivity index (χ2n) is 6.30. The molecule has 1 heteroatoms. The van der Waals surface area contributed by atoms with E-state index in [1.165, 1.54) is 33.1 Å². The van der Waals surface area contributed by atoms with E-state index < -0.39 is 0 Å². The van der Waals surface area contributed by atoms with Gasteiger partial charge in [-0.2, -0.15) is 0 Å². The summed E-state index contributed by atoms with van der Waals surface area (Å²) in [5, 5.41) is 0. The lowest BCUT2D eigenvalue weighted by Gasteiger charge is -2.18. The van der Waals surface area contributed by atoms with E-state index in [0.717, 1.165) is 6.42 Å². The van der Waals surface area contributed by atoms with Gasteiger partial charge in [0, 0.05) is 0 Å². The zero-order valence-corrected chi connectivity index (χ0v) is 14.2. The molecule has 0 fully saturated rings. The first-order valence-corrected chi connectivity index (χ1v) is 8.40. The molecule has 0 aliphatic carbocycles. The van der Waals surface area contributed by atoms with E-state index in [-0.39, 0.29) is 0 Å². The maximum absolute atomic E-state index is 2.33. The van der Waals surface area contributed by atoms with Crippen molar-refractivity contribution in [3.8, 4) is 0 Å². The van der Waals surface area contributed by atoms with E-state index in [1.54, 1.807) is 0 Å². The Kier molecular flexibility index (Phi) is 4.66. The van der Waals surface area contributed by atoms with E-state index in [4.69, 9.17) is 0 Å². The molecule has 23 heavy (non-hydrogen) atoms. The maximum atomic E-state index is 2.33. The molecule has 0 nitrogen and oxygen atoms in total. The van der Waals surface area contributed by atoms with E-state index in [1.807, 2.05) is 0 Å². The van der Waals surface area contributed by atoms with Crippen LogP contribution in [0.4, 0.5) is 0 Å². The van der Waals surface area contributed by atoms with Gasteiger partial charge in [-0.25, -0.2) is 0 Å². The molecule has 3 rings (SSSR count). The van der Waals surface area contributed by atoms with Gasteiger partial charge in [-0.3, -0.25) is 0 Å². The molecule has 0 atom stereocenters. The Morgan fingerprint density at radius 2 is 1.39 bits per heavy atom. The van der Waals surface area contributed by atoms with Gasteiger partial charge in [0.25, 0.3) is 0 Å². The molecule has 114 valence electrons. The van der Waals surface area contributed by atoms with E-state index in [2.05, 4.69) is 93.6 Å². The summed E-state index contributed by atoms with van der Waals surface area (Å²) in [5.41, 5.74) is 8.18.